The van der Waals surface area contributed by atoms with Crippen LogP contribution >= 0.6 is 23.2 Å². The molecular weight excluding hydrogens is 291 g/mol. The second kappa shape index (κ2) is 5.19. The van der Waals surface area contributed by atoms with Crippen molar-refractivity contribution in [2.75, 3.05) is 20.1 Å². The van der Waals surface area contributed by atoms with Gasteiger partial charge < -0.3 is 4.90 Å². The molecule has 1 heterocycles. The molecule has 1 saturated heterocycles. The van der Waals surface area contributed by atoms with Gasteiger partial charge in [-0.05, 0) is 18.2 Å². The molecule has 0 radical (unpaired) electrons. The smallest absolute Gasteiger partial charge is 0.318 e. The average molecular weight is 301 g/mol. The summed E-state index contributed by atoms with van der Waals surface area (Å²) in [6, 6.07) is 3.96. The van der Waals surface area contributed by atoms with Gasteiger partial charge in [-0.15, -0.1) is 0 Å². The summed E-state index contributed by atoms with van der Waals surface area (Å²) in [5, 5.41) is 0.611. The number of ketones is 1. The highest BCUT2D eigenvalue weighted by Crippen LogP contribution is 2.22. The first-order valence-electron chi connectivity index (χ1n) is 5.44. The van der Waals surface area contributed by atoms with Crippen LogP contribution in [0.2, 0.25) is 10.0 Å². The molecule has 0 atom stereocenters. The third kappa shape index (κ3) is 2.72. The summed E-state index contributed by atoms with van der Waals surface area (Å²) in [7, 11) is 1.50. The second-order valence-corrected chi connectivity index (χ2v) is 5.01. The number of benzene rings is 1. The third-order valence-electron chi connectivity index (χ3n) is 2.76. The van der Waals surface area contributed by atoms with E-state index < -0.39 is 17.7 Å². The van der Waals surface area contributed by atoms with Gasteiger partial charge >= 0.3 is 6.03 Å². The Balaban J connectivity index is 2.18. The van der Waals surface area contributed by atoms with Crippen LogP contribution in [0.3, 0.4) is 0 Å². The Hall–Kier alpha value is -1.59. The Morgan fingerprint density at radius 2 is 2.00 bits per heavy atom. The van der Waals surface area contributed by atoms with Crippen molar-refractivity contribution in [2.24, 2.45) is 0 Å². The van der Waals surface area contributed by atoms with Crippen LogP contribution in [0.15, 0.2) is 18.2 Å². The number of hydrogen-bond donors (Lipinski definition) is 0. The van der Waals surface area contributed by atoms with Gasteiger partial charge in [0, 0.05) is 17.6 Å². The fourth-order valence-electron chi connectivity index (χ4n) is 1.77. The minimum Gasteiger partial charge on any atom is -0.318 e. The molecule has 1 aromatic carbocycles. The first-order valence-corrected chi connectivity index (χ1v) is 6.19. The van der Waals surface area contributed by atoms with Crippen LogP contribution in [0.4, 0.5) is 4.79 Å². The van der Waals surface area contributed by atoms with E-state index in [0.29, 0.717) is 5.02 Å². The van der Waals surface area contributed by atoms with Crippen LogP contribution in [0.5, 0.6) is 0 Å². The summed E-state index contributed by atoms with van der Waals surface area (Å²) >= 11 is 11.6. The molecule has 0 aromatic heterocycles. The number of amides is 3. The Morgan fingerprint density at radius 3 is 2.53 bits per heavy atom. The minimum absolute atomic E-state index is 0.0134. The first-order chi connectivity index (χ1) is 8.90. The number of halogens is 2. The van der Waals surface area contributed by atoms with E-state index in [0.717, 1.165) is 4.90 Å². The first kappa shape index (κ1) is 13.8. The van der Waals surface area contributed by atoms with E-state index >= 15 is 0 Å². The van der Waals surface area contributed by atoms with E-state index in [-0.39, 0.29) is 23.7 Å². The summed E-state index contributed by atoms with van der Waals surface area (Å²) in [4.78, 5) is 37.4. The van der Waals surface area contributed by atoms with Crippen LogP contribution in [-0.4, -0.2) is 47.7 Å². The van der Waals surface area contributed by atoms with Crippen LogP contribution in [-0.2, 0) is 4.79 Å². The van der Waals surface area contributed by atoms with Gasteiger partial charge in [-0.3, -0.25) is 14.5 Å². The van der Waals surface area contributed by atoms with E-state index in [1.807, 2.05) is 0 Å². The van der Waals surface area contributed by atoms with E-state index in [1.165, 1.54) is 30.1 Å². The molecule has 5 nitrogen and oxygen atoms in total. The van der Waals surface area contributed by atoms with Crippen LogP contribution in [0.1, 0.15) is 10.4 Å². The predicted octanol–water partition coefficient (Wildman–Crippen LogP) is 2.07. The molecule has 0 bridgehead atoms. The zero-order valence-corrected chi connectivity index (χ0v) is 11.5. The number of carbonyl (C=O) groups is 3. The van der Waals surface area contributed by atoms with Gasteiger partial charge in [0.15, 0.2) is 5.78 Å². The van der Waals surface area contributed by atoms with Gasteiger partial charge in [0.1, 0.15) is 6.54 Å². The zero-order valence-electron chi connectivity index (χ0n) is 10.0. The molecule has 19 heavy (non-hydrogen) atoms. The van der Waals surface area contributed by atoms with E-state index in [2.05, 4.69) is 0 Å². The molecule has 1 fully saturated rings. The molecule has 1 aromatic rings. The van der Waals surface area contributed by atoms with Crippen molar-refractivity contribution in [1.29, 1.82) is 0 Å². The lowest BCUT2D eigenvalue weighted by Crippen LogP contribution is -2.36. The lowest BCUT2D eigenvalue weighted by molar-refractivity contribution is -0.125. The third-order valence-corrected chi connectivity index (χ3v) is 3.31. The Kier molecular flexibility index (Phi) is 3.78. The van der Waals surface area contributed by atoms with Crippen molar-refractivity contribution in [3.8, 4) is 0 Å². The fraction of sp³-hybridized carbons (Fsp3) is 0.250. The van der Waals surface area contributed by atoms with Crippen LogP contribution in [0.25, 0.3) is 0 Å². The molecule has 1 aliphatic rings. The van der Waals surface area contributed by atoms with Crippen LogP contribution < -0.4 is 0 Å². The van der Waals surface area contributed by atoms with Crippen molar-refractivity contribution in [1.82, 2.24) is 9.80 Å². The molecule has 3 amide bonds. The topological polar surface area (TPSA) is 57.7 Å². The molecule has 1 aliphatic heterocycles. The number of rotatable bonds is 3. The Labute approximate surface area is 119 Å². The molecule has 2 rings (SSSR count). The SMILES string of the molecule is CN1CC(=O)N(CC(=O)c2ccc(Cl)cc2Cl)C1=O. The summed E-state index contributed by atoms with van der Waals surface area (Å²) in [6.07, 6.45) is 0. The van der Waals surface area contributed by atoms with Crippen molar-refractivity contribution in [2.45, 2.75) is 0 Å². The van der Waals surface area contributed by atoms with E-state index in [4.69, 9.17) is 23.2 Å². The zero-order chi connectivity index (χ0) is 14.2. The highest BCUT2D eigenvalue weighted by atomic mass is 35.5. The summed E-state index contributed by atoms with van der Waals surface area (Å²) < 4.78 is 0. The summed E-state index contributed by atoms with van der Waals surface area (Å²) in [6.45, 7) is -0.330. The van der Waals surface area contributed by atoms with Crippen molar-refractivity contribution < 1.29 is 14.4 Å². The van der Waals surface area contributed by atoms with Gasteiger partial charge in [0.2, 0.25) is 0 Å². The molecule has 0 saturated carbocycles. The van der Waals surface area contributed by atoms with Gasteiger partial charge in [-0.25, -0.2) is 4.79 Å². The molecule has 0 aliphatic carbocycles. The molecular formula is C12H10Cl2N2O3. The number of carbonyl (C=O) groups excluding carboxylic acids is 3. The number of urea groups is 1. The van der Waals surface area contributed by atoms with Crippen molar-refractivity contribution in [3.63, 3.8) is 0 Å². The average Bonchev–Trinajstić information content (AvgIpc) is 2.56. The lowest BCUT2D eigenvalue weighted by atomic mass is 10.1. The maximum Gasteiger partial charge on any atom is 0.327 e. The molecule has 7 heteroatoms. The fourth-order valence-corrected chi connectivity index (χ4v) is 2.28. The maximum absolute atomic E-state index is 12.0. The minimum atomic E-state index is -0.483. The molecule has 0 N–H and O–H groups in total. The standard InChI is InChI=1S/C12H10Cl2N2O3/c1-15-6-11(18)16(12(15)19)5-10(17)8-3-2-7(13)4-9(8)14/h2-4H,5-6H2,1H3. The molecule has 0 unspecified atom stereocenters. The Morgan fingerprint density at radius 1 is 1.32 bits per heavy atom. The van der Waals surface area contributed by atoms with Gasteiger partial charge in [0.25, 0.3) is 5.91 Å². The number of nitrogens with zero attached hydrogens (tertiary/aromatic N) is 2. The number of imide groups is 1. The molecule has 100 valence electrons. The Bertz CT molecular complexity index is 574. The quantitative estimate of drug-likeness (QED) is 0.634. The van der Waals surface area contributed by atoms with Gasteiger partial charge in [-0.2, -0.15) is 0 Å². The maximum atomic E-state index is 12.0. The van der Waals surface area contributed by atoms with Gasteiger partial charge in [0.05, 0.1) is 11.6 Å². The molecule has 0 spiro atoms. The largest absolute Gasteiger partial charge is 0.327 e. The summed E-state index contributed by atoms with van der Waals surface area (Å²) in [5.74, 6) is -0.801. The number of hydrogen-bond acceptors (Lipinski definition) is 3. The highest BCUT2D eigenvalue weighted by molar-refractivity contribution is 6.37. The highest BCUT2D eigenvalue weighted by Gasteiger charge is 2.35. The van der Waals surface area contributed by atoms with E-state index in [9.17, 15) is 14.4 Å². The van der Waals surface area contributed by atoms with Crippen molar-refractivity contribution in [3.05, 3.63) is 33.8 Å². The monoisotopic (exact) mass is 300 g/mol. The van der Waals surface area contributed by atoms with Crippen molar-refractivity contribution >= 4 is 40.9 Å². The van der Waals surface area contributed by atoms with Crippen LogP contribution in [0, 0.1) is 0 Å². The lowest BCUT2D eigenvalue weighted by Gasteiger charge is -2.13. The normalized spacial score (nSPS) is 15.3. The second-order valence-electron chi connectivity index (χ2n) is 4.17. The van der Waals surface area contributed by atoms with E-state index in [1.54, 1.807) is 0 Å². The number of likely N-dealkylation sites (N-methyl/N-ethyl adjacent to an activating group) is 1. The predicted molar refractivity (Wildman–Crippen MR) is 70.5 cm³/mol. The number of Topliss-reactive ketones (excluding diaryl/α,β-unsaturated/α-hetero) is 1. The summed E-state index contributed by atoms with van der Waals surface area (Å²) in [5.41, 5.74) is 0.237. The van der Waals surface area contributed by atoms with Gasteiger partial charge in [-0.1, -0.05) is 23.2 Å².